The SMILES string of the molecule is NC1CCN(CC(=O)NCCCn2ccnc2)CC1. The van der Waals surface area contributed by atoms with E-state index in [1.807, 2.05) is 10.8 Å². The highest BCUT2D eigenvalue weighted by Gasteiger charge is 2.17. The predicted octanol–water partition coefficient (Wildman–Crippen LogP) is -0.187. The van der Waals surface area contributed by atoms with Gasteiger partial charge in [-0.25, -0.2) is 4.98 Å². The molecule has 1 saturated heterocycles. The fourth-order valence-corrected chi connectivity index (χ4v) is 2.28. The quantitative estimate of drug-likeness (QED) is 0.699. The van der Waals surface area contributed by atoms with E-state index in [1.165, 1.54) is 0 Å². The number of rotatable bonds is 6. The average molecular weight is 265 g/mol. The van der Waals surface area contributed by atoms with Gasteiger partial charge in [0.05, 0.1) is 12.9 Å². The summed E-state index contributed by atoms with van der Waals surface area (Å²) in [5, 5.41) is 2.96. The Bertz CT molecular complexity index is 370. The topological polar surface area (TPSA) is 76.2 Å². The second-order valence-electron chi connectivity index (χ2n) is 5.12. The summed E-state index contributed by atoms with van der Waals surface area (Å²) >= 11 is 0. The zero-order chi connectivity index (χ0) is 13.5. The van der Waals surface area contributed by atoms with Crippen molar-refractivity contribution in [1.29, 1.82) is 0 Å². The van der Waals surface area contributed by atoms with Gasteiger partial charge >= 0.3 is 0 Å². The maximum atomic E-state index is 11.8. The van der Waals surface area contributed by atoms with Crippen molar-refractivity contribution in [1.82, 2.24) is 19.8 Å². The zero-order valence-electron chi connectivity index (χ0n) is 11.3. The molecule has 106 valence electrons. The van der Waals surface area contributed by atoms with Crippen LogP contribution in [-0.4, -0.2) is 52.6 Å². The van der Waals surface area contributed by atoms with Gasteiger partial charge in [-0.3, -0.25) is 9.69 Å². The largest absolute Gasteiger partial charge is 0.355 e. The normalized spacial score (nSPS) is 17.5. The molecule has 3 N–H and O–H groups in total. The predicted molar refractivity (Wildman–Crippen MR) is 73.5 cm³/mol. The Kier molecular flexibility index (Phi) is 5.35. The zero-order valence-corrected chi connectivity index (χ0v) is 11.3. The first-order chi connectivity index (χ1) is 9.24. The minimum atomic E-state index is 0.112. The lowest BCUT2D eigenvalue weighted by Crippen LogP contribution is -2.44. The first kappa shape index (κ1) is 14.0. The van der Waals surface area contributed by atoms with Gasteiger partial charge in [0.25, 0.3) is 0 Å². The number of hydrogen-bond acceptors (Lipinski definition) is 4. The molecule has 1 aromatic heterocycles. The van der Waals surface area contributed by atoms with Gasteiger partial charge in [0.2, 0.25) is 5.91 Å². The van der Waals surface area contributed by atoms with E-state index in [4.69, 9.17) is 5.73 Å². The third-order valence-electron chi connectivity index (χ3n) is 3.47. The molecule has 0 saturated carbocycles. The molecule has 0 atom stereocenters. The molecule has 1 aliphatic heterocycles. The number of likely N-dealkylation sites (tertiary alicyclic amines) is 1. The molecule has 0 bridgehead atoms. The average Bonchev–Trinajstić information content (AvgIpc) is 2.91. The maximum Gasteiger partial charge on any atom is 0.234 e. The number of aryl methyl sites for hydroxylation is 1. The summed E-state index contributed by atoms with van der Waals surface area (Å²) in [6.07, 6.45) is 8.39. The highest BCUT2D eigenvalue weighted by Crippen LogP contribution is 2.07. The molecular formula is C13H23N5O. The van der Waals surface area contributed by atoms with E-state index < -0.39 is 0 Å². The van der Waals surface area contributed by atoms with Crippen LogP contribution in [0.2, 0.25) is 0 Å². The number of imidazole rings is 1. The van der Waals surface area contributed by atoms with Crippen LogP contribution in [0.25, 0.3) is 0 Å². The second kappa shape index (κ2) is 7.25. The van der Waals surface area contributed by atoms with Gasteiger partial charge in [-0.1, -0.05) is 0 Å². The Morgan fingerprint density at radius 2 is 2.21 bits per heavy atom. The highest BCUT2D eigenvalue weighted by molar-refractivity contribution is 5.77. The summed E-state index contributed by atoms with van der Waals surface area (Å²) in [4.78, 5) is 17.9. The molecule has 0 aliphatic carbocycles. The Morgan fingerprint density at radius 3 is 2.89 bits per heavy atom. The molecule has 1 amide bonds. The van der Waals surface area contributed by atoms with Gasteiger partial charge in [-0.2, -0.15) is 0 Å². The summed E-state index contributed by atoms with van der Waals surface area (Å²) < 4.78 is 2.01. The van der Waals surface area contributed by atoms with Crippen molar-refractivity contribution in [3.63, 3.8) is 0 Å². The third kappa shape index (κ3) is 5.00. The molecule has 6 heteroatoms. The van der Waals surface area contributed by atoms with E-state index in [0.717, 1.165) is 38.9 Å². The lowest BCUT2D eigenvalue weighted by Gasteiger charge is -2.29. The molecule has 0 aromatic carbocycles. The van der Waals surface area contributed by atoms with Crippen LogP contribution < -0.4 is 11.1 Å². The molecule has 1 aliphatic rings. The Hall–Kier alpha value is -1.40. The van der Waals surface area contributed by atoms with E-state index in [-0.39, 0.29) is 5.91 Å². The molecule has 2 rings (SSSR count). The number of carbonyl (C=O) groups excluding carboxylic acids is 1. The fourth-order valence-electron chi connectivity index (χ4n) is 2.28. The van der Waals surface area contributed by atoms with E-state index in [2.05, 4.69) is 15.2 Å². The van der Waals surface area contributed by atoms with E-state index >= 15 is 0 Å². The monoisotopic (exact) mass is 265 g/mol. The number of nitrogens with one attached hydrogen (secondary N) is 1. The number of amides is 1. The molecule has 1 fully saturated rings. The van der Waals surface area contributed by atoms with Crippen LogP contribution in [0, 0.1) is 0 Å². The summed E-state index contributed by atoms with van der Waals surface area (Å²) in [6, 6.07) is 0.314. The van der Waals surface area contributed by atoms with Crippen LogP contribution in [-0.2, 0) is 11.3 Å². The number of nitrogens with two attached hydrogens (primary N) is 1. The number of piperidine rings is 1. The Balaban J connectivity index is 1.54. The summed E-state index contributed by atoms with van der Waals surface area (Å²) in [6.45, 7) is 3.97. The highest BCUT2D eigenvalue weighted by atomic mass is 16.2. The van der Waals surface area contributed by atoms with Crippen molar-refractivity contribution in [3.05, 3.63) is 18.7 Å². The molecular weight excluding hydrogens is 242 g/mol. The smallest absolute Gasteiger partial charge is 0.234 e. The van der Waals surface area contributed by atoms with E-state index in [9.17, 15) is 4.79 Å². The third-order valence-corrected chi connectivity index (χ3v) is 3.47. The Morgan fingerprint density at radius 1 is 1.42 bits per heavy atom. The van der Waals surface area contributed by atoms with Crippen LogP contribution in [0.15, 0.2) is 18.7 Å². The molecule has 19 heavy (non-hydrogen) atoms. The van der Waals surface area contributed by atoms with E-state index in [1.54, 1.807) is 12.5 Å². The number of carbonyl (C=O) groups is 1. The summed E-state index contributed by atoms with van der Waals surface area (Å²) in [7, 11) is 0. The molecule has 2 heterocycles. The standard InChI is InChI=1S/C13H23N5O/c14-12-2-7-17(8-3-12)10-13(19)16-4-1-6-18-9-5-15-11-18/h5,9,11-12H,1-4,6-8,10,14H2,(H,16,19). The maximum absolute atomic E-state index is 11.8. The van der Waals surface area contributed by atoms with Crippen LogP contribution in [0.4, 0.5) is 0 Å². The van der Waals surface area contributed by atoms with Crippen molar-refractivity contribution in [2.75, 3.05) is 26.2 Å². The fraction of sp³-hybridized carbons (Fsp3) is 0.692. The van der Waals surface area contributed by atoms with Crippen molar-refractivity contribution in [2.45, 2.75) is 31.8 Å². The molecule has 1 aromatic rings. The molecule has 0 unspecified atom stereocenters. The van der Waals surface area contributed by atoms with Crippen molar-refractivity contribution in [2.24, 2.45) is 5.73 Å². The molecule has 6 nitrogen and oxygen atoms in total. The second-order valence-corrected chi connectivity index (χ2v) is 5.12. The van der Waals surface area contributed by atoms with Crippen LogP contribution in [0.5, 0.6) is 0 Å². The first-order valence-electron chi connectivity index (χ1n) is 6.94. The molecule has 0 radical (unpaired) electrons. The van der Waals surface area contributed by atoms with E-state index in [0.29, 0.717) is 19.1 Å². The van der Waals surface area contributed by atoms with Crippen LogP contribution in [0.1, 0.15) is 19.3 Å². The minimum absolute atomic E-state index is 0.112. The minimum Gasteiger partial charge on any atom is -0.355 e. The summed E-state index contributed by atoms with van der Waals surface area (Å²) in [5.41, 5.74) is 5.84. The van der Waals surface area contributed by atoms with Gasteiger partial charge in [-0.15, -0.1) is 0 Å². The van der Waals surface area contributed by atoms with Gasteiger partial charge < -0.3 is 15.6 Å². The number of nitrogens with zero attached hydrogens (tertiary/aromatic N) is 3. The van der Waals surface area contributed by atoms with Gasteiger partial charge in [0.1, 0.15) is 0 Å². The van der Waals surface area contributed by atoms with Crippen molar-refractivity contribution in [3.8, 4) is 0 Å². The van der Waals surface area contributed by atoms with Crippen LogP contribution >= 0.6 is 0 Å². The van der Waals surface area contributed by atoms with Gasteiger partial charge in [0.15, 0.2) is 0 Å². The Labute approximate surface area is 114 Å². The first-order valence-corrected chi connectivity index (χ1v) is 6.94. The lowest BCUT2D eigenvalue weighted by atomic mass is 10.1. The van der Waals surface area contributed by atoms with Gasteiger partial charge in [0, 0.05) is 44.6 Å². The molecule has 0 spiro atoms. The van der Waals surface area contributed by atoms with Gasteiger partial charge in [-0.05, 0) is 19.3 Å². The van der Waals surface area contributed by atoms with Crippen molar-refractivity contribution >= 4 is 5.91 Å². The summed E-state index contributed by atoms with van der Waals surface area (Å²) in [5.74, 6) is 0.112. The van der Waals surface area contributed by atoms with Crippen molar-refractivity contribution < 1.29 is 4.79 Å². The number of aromatic nitrogens is 2. The van der Waals surface area contributed by atoms with Crippen LogP contribution in [0.3, 0.4) is 0 Å². The number of hydrogen-bond donors (Lipinski definition) is 2. The lowest BCUT2D eigenvalue weighted by molar-refractivity contribution is -0.122.